The van der Waals surface area contributed by atoms with Crippen molar-refractivity contribution in [2.45, 2.75) is 19.5 Å². The van der Waals surface area contributed by atoms with Gasteiger partial charge in [-0.05, 0) is 36.1 Å². The molecule has 2 aromatic heterocycles. The average Bonchev–Trinajstić information content (AvgIpc) is 3.31. The van der Waals surface area contributed by atoms with Crippen molar-refractivity contribution < 1.29 is 14.7 Å². The molecule has 1 saturated heterocycles. The van der Waals surface area contributed by atoms with E-state index in [4.69, 9.17) is 0 Å². The van der Waals surface area contributed by atoms with E-state index in [-0.39, 0.29) is 11.3 Å². The Hall–Kier alpha value is -3.25. The summed E-state index contributed by atoms with van der Waals surface area (Å²) in [5, 5.41) is 12.8. The van der Waals surface area contributed by atoms with Crippen LogP contribution in [0.3, 0.4) is 0 Å². The summed E-state index contributed by atoms with van der Waals surface area (Å²) in [5.74, 6) is -1.49. The summed E-state index contributed by atoms with van der Waals surface area (Å²) in [7, 11) is 0. The van der Waals surface area contributed by atoms with E-state index in [1.165, 1.54) is 22.4 Å². The molecule has 1 aliphatic heterocycles. The molecule has 0 radical (unpaired) electrons. The third kappa shape index (κ3) is 3.23. The van der Waals surface area contributed by atoms with Crippen LogP contribution in [-0.2, 0) is 16.1 Å². The maximum atomic E-state index is 12.9. The van der Waals surface area contributed by atoms with Crippen molar-refractivity contribution in [3.63, 3.8) is 0 Å². The minimum Gasteiger partial charge on any atom is -0.507 e. The number of amides is 1. The van der Waals surface area contributed by atoms with Crippen LogP contribution < -0.4 is 0 Å². The molecular formula is C22H18N2O3S. The molecule has 5 nitrogen and oxygen atoms in total. The lowest BCUT2D eigenvalue weighted by Gasteiger charge is -2.25. The van der Waals surface area contributed by atoms with Gasteiger partial charge in [0.15, 0.2) is 0 Å². The lowest BCUT2D eigenvalue weighted by Crippen LogP contribution is -2.28. The Bertz CT molecular complexity index is 1040. The van der Waals surface area contributed by atoms with E-state index in [1.807, 2.05) is 48.7 Å². The highest BCUT2D eigenvalue weighted by Gasteiger charge is 2.46. The van der Waals surface area contributed by atoms with Crippen LogP contribution in [0.5, 0.6) is 0 Å². The first-order chi connectivity index (χ1) is 13.6. The van der Waals surface area contributed by atoms with Gasteiger partial charge >= 0.3 is 0 Å². The van der Waals surface area contributed by atoms with Gasteiger partial charge in [-0.2, -0.15) is 0 Å². The van der Waals surface area contributed by atoms with Crippen LogP contribution in [0.4, 0.5) is 0 Å². The zero-order valence-electron chi connectivity index (χ0n) is 15.2. The Morgan fingerprint density at radius 3 is 2.57 bits per heavy atom. The third-order valence-electron chi connectivity index (χ3n) is 4.77. The van der Waals surface area contributed by atoms with Crippen molar-refractivity contribution in [2.75, 3.05) is 0 Å². The Morgan fingerprint density at radius 2 is 1.93 bits per heavy atom. The Morgan fingerprint density at radius 1 is 1.14 bits per heavy atom. The molecule has 0 aliphatic carbocycles. The number of ketones is 1. The van der Waals surface area contributed by atoms with Crippen molar-refractivity contribution in [1.29, 1.82) is 0 Å². The predicted octanol–water partition coefficient (Wildman–Crippen LogP) is 4.07. The first-order valence-electron chi connectivity index (χ1n) is 8.84. The largest absolute Gasteiger partial charge is 0.507 e. The molecule has 1 aliphatic rings. The van der Waals surface area contributed by atoms with E-state index in [9.17, 15) is 14.7 Å². The quantitative estimate of drug-likeness (QED) is 0.414. The smallest absolute Gasteiger partial charge is 0.295 e. The molecule has 1 atom stereocenters. The second-order valence-electron chi connectivity index (χ2n) is 6.66. The molecule has 0 bridgehead atoms. The third-order valence-corrected chi connectivity index (χ3v) is 5.64. The molecule has 3 aromatic rings. The lowest BCUT2D eigenvalue weighted by atomic mass is 9.95. The first kappa shape index (κ1) is 18.1. The molecule has 0 spiro atoms. The fraction of sp³-hybridized carbons (Fsp3) is 0.136. The number of benzene rings is 1. The maximum absolute atomic E-state index is 12.9. The molecule has 140 valence electrons. The summed E-state index contributed by atoms with van der Waals surface area (Å²) in [6.07, 6.45) is 3.07. The summed E-state index contributed by atoms with van der Waals surface area (Å²) in [6.45, 7) is 2.28. The monoisotopic (exact) mass is 390 g/mol. The van der Waals surface area contributed by atoms with Crippen LogP contribution in [0.15, 0.2) is 71.9 Å². The molecule has 1 N–H and O–H groups in total. The first-order valence-corrected chi connectivity index (χ1v) is 9.72. The zero-order valence-corrected chi connectivity index (χ0v) is 16.0. The number of pyridine rings is 1. The van der Waals surface area contributed by atoms with Crippen LogP contribution in [0.25, 0.3) is 5.76 Å². The van der Waals surface area contributed by atoms with Gasteiger partial charge in [0.2, 0.25) is 0 Å². The molecule has 28 heavy (non-hydrogen) atoms. The molecule has 0 saturated carbocycles. The fourth-order valence-corrected chi connectivity index (χ4v) is 4.07. The number of aryl methyl sites for hydroxylation is 1. The SMILES string of the molecule is Cc1ccc(C2/C(=C(\O)c3cccnc3)C(=O)C(=O)N2Cc2cccs2)cc1. The number of rotatable bonds is 4. The number of aromatic nitrogens is 1. The molecule has 1 amide bonds. The van der Waals surface area contributed by atoms with Gasteiger partial charge in [0.1, 0.15) is 5.76 Å². The van der Waals surface area contributed by atoms with E-state index < -0.39 is 17.7 Å². The van der Waals surface area contributed by atoms with E-state index in [1.54, 1.807) is 18.3 Å². The van der Waals surface area contributed by atoms with Crippen molar-refractivity contribution in [3.05, 3.63) is 93.4 Å². The lowest BCUT2D eigenvalue weighted by molar-refractivity contribution is -0.140. The van der Waals surface area contributed by atoms with Gasteiger partial charge in [0.05, 0.1) is 18.2 Å². The molecule has 1 unspecified atom stereocenters. The summed E-state index contributed by atoms with van der Waals surface area (Å²) in [4.78, 5) is 32.2. The van der Waals surface area contributed by atoms with Crippen LogP contribution in [-0.4, -0.2) is 26.7 Å². The number of likely N-dealkylation sites (tertiary alicyclic amines) is 1. The minimum absolute atomic E-state index is 0.0957. The summed E-state index contributed by atoms with van der Waals surface area (Å²) in [5.41, 5.74) is 2.37. The van der Waals surface area contributed by atoms with Gasteiger partial charge in [-0.15, -0.1) is 11.3 Å². The summed E-state index contributed by atoms with van der Waals surface area (Å²) < 4.78 is 0. The standard InChI is InChI=1S/C22H18N2O3S/c1-14-6-8-15(9-7-14)19-18(20(25)16-4-2-10-23-12-16)21(26)22(27)24(19)13-17-5-3-11-28-17/h2-12,19,25H,13H2,1H3/b20-18+. The van der Waals surface area contributed by atoms with Gasteiger partial charge in [-0.25, -0.2) is 0 Å². The highest BCUT2D eigenvalue weighted by Crippen LogP contribution is 2.40. The van der Waals surface area contributed by atoms with Crippen LogP contribution in [0.2, 0.25) is 0 Å². The van der Waals surface area contributed by atoms with Gasteiger partial charge < -0.3 is 10.0 Å². The summed E-state index contributed by atoms with van der Waals surface area (Å²) >= 11 is 1.52. The van der Waals surface area contributed by atoms with Crippen LogP contribution >= 0.6 is 11.3 Å². The van der Waals surface area contributed by atoms with Crippen molar-refractivity contribution in [2.24, 2.45) is 0 Å². The van der Waals surface area contributed by atoms with E-state index in [2.05, 4.69) is 4.98 Å². The molecule has 6 heteroatoms. The highest BCUT2D eigenvalue weighted by molar-refractivity contribution is 7.09. The molecule has 3 heterocycles. The second kappa shape index (κ2) is 7.40. The number of aliphatic hydroxyl groups is 1. The molecule has 4 rings (SSSR count). The predicted molar refractivity (Wildman–Crippen MR) is 108 cm³/mol. The van der Waals surface area contributed by atoms with E-state index in [0.29, 0.717) is 12.1 Å². The van der Waals surface area contributed by atoms with E-state index in [0.717, 1.165) is 16.0 Å². The number of hydrogen-bond donors (Lipinski definition) is 1. The normalized spacial score (nSPS) is 18.6. The van der Waals surface area contributed by atoms with Crippen molar-refractivity contribution >= 4 is 28.8 Å². The van der Waals surface area contributed by atoms with Crippen LogP contribution in [0.1, 0.15) is 27.6 Å². The van der Waals surface area contributed by atoms with E-state index >= 15 is 0 Å². The molecule has 1 fully saturated rings. The Labute approximate surface area is 166 Å². The van der Waals surface area contributed by atoms with Crippen molar-refractivity contribution in [3.8, 4) is 0 Å². The number of carbonyl (C=O) groups is 2. The van der Waals surface area contributed by atoms with Gasteiger partial charge in [-0.3, -0.25) is 14.6 Å². The number of nitrogens with zero attached hydrogens (tertiary/aromatic N) is 2. The Kier molecular flexibility index (Phi) is 4.79. The topological polar surface area (TPSA) is 70.5 Å². The fourth-order valence-electron chi connectivity index (χ4n) is 3.37. The average molecular weight is 390 g/mol. The van der Waals surface area contributed by atoms with Gasteiger partial charge in [0, 0.05) is 22.8 Å². The number of aliphatic hydroxyl groups excluding tert-OH is 1. The maximum Gasteiger partial charge on any atom is 0.295 e. The second-order valence-corrected chi connectivity index (χ2v) is 7.69. The molecule has 1 aromatic carbocycles. The van der Waals surface area contributed by atoms with Crippen LogP contribution in [0, 0.1) is 6.92 Å². The number of hydrogen-bond acceptors (Lipinski definition) is 5. The number of thiophene rings is 1. The molecular weight excluding hydrogens is 372 g/mol. The summed E-state index contributed by atoms with van der Waals surface area (Å²) in [6, 6.07) is 14.2. The minimum atomic E-state index is -0.677. The zero-order chi connectivity index (χ0) is 19.7. The van der Waals surface area contributed by atoms with Gasteiger partial charge in [0.25, 0.3) is 11.7 Å². The van der Waals surface area contributed by atoms with Gasteiger partial charge in [-0.1, -0.05) is 35.9 Å². The Balaban J connectivity index is 1.86. The number of Topliss-reactive ketones (excluding diaryl/α,β-unsaturated/α-hetero) is 1. The highest BCUT2D eigenvalue weighted by atomic mass is 32.1. The van der Waals surface area contributed by atoms with Crippen molar-refractivity contribution in [1.82, 2.24) is 9.88 Å². The number of carbonyl (C=O) groups excluding carboxylic acids is 2.